The van der Waals surface area contributed by atoms with Crippen molar-refractivity contribution in [3.05, 3.63) is 72.3 Å². The standard InChI is InChI=1S/C19H23P/c1-4-5-6-15-7-9-16(10-8-15)17-11-13-18(14-12-17)19(2,3)20/h4,7-14H,1,5-6,20H2,2-3H3. The monoisotopic (exact) mass is 282 g/mol. The van der Waals surface area contributed by atoms with E-state index >= 15 is 0 Å². The molecule has 1 heteroatoms. The van der Waals surface area contributed by atoms with E-state index < -0.39 is 0 Å². The maximum Gasteiger partial charge on any atom is 0.00413 e. The number of rotatable bonds is 5. The Balaban J connectivity index is 2.17. The van der Waals surface area contributed by atoms with E-state index in [1.807, 2.05) is 6.08 Å². The van der Waals surface area contributed by atoms with Crippen LogP contribution in [0.5, 0.6) is 0 Å². The third kappa shape index (κ3) is 3.81. The summed E-state index contributed by atoms with van der Waals surface area (Å²) in [5.74, 6) is 0. The first-order chi connectivity index (χ1) is 9.50. The van der Waals surface area contributed by atoms with Crippen molar-refractivity contribution in [2.75, 3.05) is 0 Å². The molecule has 1 unspecified atom stereocenters. The summed E-state index contributed by atoms with van der Waals surface area (Å²) in [6, 6.07) is 17.7. The lowest BCUT2D eigenvalue weighted by Gasteiger charge is -2.19. The molecule has 0 bridgehead atoms. The van der Waals surface area contributed by atoms with Crippen LogP contribution in [-0.2, 0) is 11.6 Å². The van der Waals surface area contributed by atoms with E-state index in [4.69, 9.17) is 0 Å². The van der Waals surface area contributed by atoms with Gasteiger partial charge in [-0.1, -0.05) is 68.5 Å². The zero-order valence-corrected chi connectivity index (χ0v) is 13.5. The third-order valence-corrected chi connectivity index (χ3v) is 3.89. The Morgan fingerprint density at radius 3 is 1.90 bits per heavy atom. The molecule has 0 spiro atoms. The Morgan fingerprint density at radius 1 is 0.950 bits per heavy atom. The van der Waals surface area contributed by atoms with E-state index in [1.54, 1.807) is 0 Å². The number of hydrogen-bond donors (Lipinski definition) is 0. The molecule has 0 nitrogen and oxygen atoms in total. The molecule has 0 aliphatic rings. The molecule has 0 heterocycles. The van der Waals surface area contributed by atoms with Crippen LogP contribution < -0.4 is 0 Å². The number of benzene rings is 2. The number of allylic oxidation sites excluding steroid dienone is 1. The molecule has 0 radical (unpaired) electrons. The highest BCUT2D eigenvalue weighted by molar-refractivity contribution is 7.18. The summed E-state index contributed by atoms with van der Waals surface area (Å²) in [6.07, 6.45) is 4.08. The Morgan fingerprint density at radius 2 is 1.45 bits per heavy atom. The SMILES string of the molecule is C=CCCc1ccc(-c2ccc(C(C)(C)P)cc2)cc1. The molecule has 20 heavy (non-hydrogen) atoms. The van der Waals surface area contributed by atoms with Crippen LogP contribution in [0.3, 0.4) is 0 Å². The molecule has 0 aromatic heterocycles. The maximum absolute atomic E-state index is 3.77. The highest BCUT2D eigenvalue weighted by Gasteiger charge is 2.13. The van der Waals surface area contributed by atoms with Gasteiger partial charge in [0.25, 0.3) is 0 Å². The van der Waals surface area contributed by atoms with Gasteiger partial charge in [-0.25, -0.2) is 0 Å². The van der Waals surface area contributed by atoms with Crippen LogP contribution in [0, 0.1) is 0 Å². The normalized spacial score (nSPS) is 11.3. The molecule has 2 rings (SSSR count). The highest BCUT2D eigenvalue weighted by Crippen LogP contribution is 2.31. The van der Waals surface area contributed by atoms with Crippen molar-refractivity contribution in [2.45, 2.75) is 31.8 Å². The van der Waals surface area contributed by atoms with Gasteiger partial charge in [0.05, 0.1) is 0 Å². The fourth-order valence-electron chi connectivity index (χ4n) is 2.22. The van der Waals surface area contributed by atoms with Crippen molar-refractivity contribution in [1.29, 1.82) is 0 Å². The fourth-order valence-corrected chi connectivity index (χ4v) is 2.42. The van der Waals surface area contributed by atoms with Crippen LogP contribution in [0.1, 0.15) is 31.4 Å². The Labute approximate surface area is 125 Å². The largest absolute Gasteiger partial charge is 0.127 e. The Hall–Kier alpha value is -1.39. The molecule has 0 fully saturated rings. The molecule has 0 N–H and O–H groups in total. The van der Waals surface area contributed by atoms with Gasteiger partial charge in [-0.3, -0.25) is 0 Å². The molecule has 0 amide bonds. The quantitative estimate of drug-likeness (QED) is 0.496. The summed E-state index contributed by atoms with van der Waals surface area (Å²) in [5, 5.41) is 0.132. The second kappa shape index (κ2) is 6.37. The average molecular weight is 282 g/mol. The van der Waals surface area contributed by atoms with Crippen LogP contribution in [-0.4, -0.2) is 0 Å². The molecule has 2 aromatic rings. The van der Waals surface area contributed by atoms with Gasteiger partial charge in [-0.2, -0.15) is 0 Å². The van der Waals surface area contributed by atoms with E-state index in [1.165, 1.54) is 22.3 Å². The van der Waals surface area contributed by atoms with Gasteiger partial charge < -0.3 is 0 Å². The molecule has 0 saturated heterocycles. The number of hydrogen-bond acceptors (Lipinski definition) is 0. The lowest BCUT2D eigenvalue weighted by Crippen LogP contribution is -2.05. The molecule has 0 aliphatic carbocycles. The van der Waals surface area contributed by atoms with Crippen LogP contribution in [0.4, 0.5) is 0 Å². The summed E-state index contributed by atoms with van der Waals surface area (Å²) in [5.41, 5.74) is 5.27. The van der Waals surface area contributed by atoms with E-state index in [-0.39, 0.29) is 5.16 Å². The number of aryl methyl sites for hydroxylation is 1. The second-order valence-corrected chi connectivity index (χ2v) is 7.27. The summed E-state index contributed by atoms with van der Waals surface area (Å²) >= 11 is 0. The summed E-state index contributed by atoms with van der Waals surface area (Å²) in [4.78, 5) is 0. The smallest absolute Gasteiger partial charge is 0.00413 e. The molecular formula is C19H23P. The minimum absolute atomic E-state index is 0.132. The van der Waals surface area contributed by atoms with E-state index in [0.717, 1.165) is 12.8 Å². The third-order valence-electron chi connectivity index (χ3n) is 3.55. The highest BCUT2D eigenvalue weighted by atomic mass is 31.0. The first-order valence-electron chi connectivity index (χ1n) is 7.10. The zero-order valence-electron chi connectivity index (χ0n) is 12.4. The topological polar surface area (TPSA) is 0 Å². The van der Waals surface area contributed by atoms with Crippen LogP contribution in [0.2, 0.25) is 0 Å². The van der Waals surface area contributed by atoms with Crippen molar-refractivity contribution in [3.8, 4) is 11.1 Å². The minimum atomic E-state index is 0.132. The molecule has 104 valence electrons. The van der Waals surface area contributed by atoms with Gasteiger partial charge in [0, 0.05) is 5.16 Å². The van der Waals surface area contributed by atoms with Crippen LogP contribution >= 0.6 is 9.24 Å². The molecule has 2 aromatic carbocycles. The van der Waals surface area contributed by atoms with Crippen molar-refractivity contribution < 1.29 is 0 Å². The maximum atomic E-state index is 3.77. The van der Waals surface area contributed by atoms with Crippen molar-refractivity contribution in [2.24, 2.45) is 0 Å². The first-order valence-corrected chi connectivity index (χ1v) is 7.68. The van der Waals surface area contributed by atoms with Crippen LogP contribution in [0.15, 0.2) is 61.2 Å². The molecule has 0 saturated carbocycles. The van der Waals surface area contributed by atoms with Crippen molar-refractivity contribution in [3.63, 3.8) is 0 Å². The lowest BCUT2D eigenvalue weighted by molar-refractivity contribution is 0.783. The van der Waals surface area contributed by atoms with Crippen molar-refractivity contribution in [1.82, 2.24) is 0 Å². The van der Waals surface area contributed by atoms with Gasteiger partial charge in [0.15, 0.2) is 0 Å². The predicted octanol–water partition coefficient (Wildman–Crippen LogP) is 5.58. The average Bonchev–Trinajstić information content (AvgIpc) is 2.45. The summed E-state index contributed by atoms with van der Waals surface area (Å²) in [6.45, 7) is 8.19. The van der Waals surface area contributed by atoms with Gasteiger partial charge in [-0.05, 0) is 35.1 Å². The van der Waals surface area contributed by atoms with Crippen molar-refractivity contribution >= 4 is 9.24 Å². The lowest BCUT2D eigenvalue weighted by atomic mass is 9.97. The predicted molar refractivity (Wildman–Crippen MR) is 93.1 cm³/mol. The van der Waals surface area contributed by atoms with E-state index in [2.05, 4.69) is 78.2 Å². The van der Waals surface area contributed by atoms with Gasteiger partial charge in [0.2, 0.25) is 0 Å². The van der Waals surface area contributed by atoms with Gasteiger partial charge >= 0.3 is 0 Å². The molecule has 1 atom stereocenters. The molecule has 0 aliphatic heterocycles. The summed E-state index contributed by atoms with van der Waals surface area (Å²) < 4.78 is 0. The first kappa shape index (κ1) is 15.0. The molecular weight excluding hydrogens is 259 g/mol. The fraction of sp³-hybridized carbons (Fsp3) is 0.263. The minimum Gasteiger partial charge on any atom is -0.127 e. The zero-order chi connectivity index (χ0) is 14.6. The van der Waals surface area contributed by atoms with Gasteiger partial charge in [-0.15, -0.1) is 15.8 Å². The van der Waals surface area contributed by atoms with Gasteiger partial charge in [0.1, 0.15) is 0 Å². The Kier molecular flexibility index (Phi) is 4.78. The summed E-state index contributed by atoms with van der Waals surface area (Å²) in [7, 11) is 2.89. The van der Waals surface area contributed by atoms with E-state index in [0.29, 0.717) is 0 Å². The van der Waals surface area contributed by atoms with E-state index in [9.17, 15) is 0 Å². The Bertz CT molecular complexity index is 556. The second-order valence-electron chi connectivity index (χ2n) is 5.82. The van der Waals surface area contributed by atoms with Crippen LogP contribution in [0.25, 0.3) is 11.1 Å².